The maximum Gasteiger partial charge on any atom is 0.471 e. The first kappa shape index (κ1) is 24.0. The molecule has 0 aliphatic rings. The van der Waals surface area contributed by atoms with Crippen molar-refractivity contribution in [1.82, 2.24) is 10.2 Å². The van der Waals surface area contributed by atoms with E-state index in [1.807, 2.05) is 6.07 Å². The third kappa shape index (κ3) is 6.65. The second-order valence-corrected chi connectivity index (χ2v) is 8.48. The Morgan fingerprint density at radius 2 is 1.69 bits per heavy atom. The number of halogens is 5. The van der Waals surface area contributed by atoms with Crippen LogP contribution in [0, 0.1) is 0 Å². The molecule has 0 spiro atoms. The Morgan fingerprint density at radius 1 is 0.969 bits per heavy atom. The summed E-state index contributed by atoms with van der Waals surface area (Å²) in [6.07, 6.45) is -2.85. The topological polar surface area (TPSA) is 84.0 Å². The number of rotatable bonds is 7. The van der Waals surface area contributed by atoms with Gasteiger partial charge in [0.1, 0.15) is 5.01 Å². The summed E-state index contributed by atoms with van der Waals surface area (Å²) in [5.41, 5.74) is 1.08. The first-order valence-electron chi connectivity index (χ1n) is 9.18. The average molecular weight is 503 g/mol. The third-order valence-electron chi connectivity index (χ3n) is 4.20. The number of amides is 2. The highest BCUT2D eigenvalue weighted by molar-refractivity contribution is 7.15. The monoisotopic (exact) mass is 502 g/mol. The van der Waals surface area contributed by atoms with Gasteiger partial charge >= 0.3 is 12.1 Å². The SMILES string of the molecule is O=C(Nc1nnc(CCCc2ccc(Cl)cc2Cl)s1)c1ccc(NC(=O)C(F)(F)F)cc1. The van der Waals surface area contributed by atoms with E-state index in [-0.39, 0.29) is 11.3 Å². The Bertz CT molecular complexity index is 1120. The van der Waals surface area contributed by atoms with E-state index < -0.39 is 18.0 Å². The summed E-state index contributed by atoms with van der Waals surface area (Å²) in [6.45, 7) is 0. The summed E-state index contributed by atoms with van der Waals surface area (Å²) >= 11 is 13.3. The van der Waals surface area contributed by atoms with Gasteiger partial charge in [0, 0.05) is 27.7 Å². The van der Waals surface area contributed by atoms with Gasteiger partial charge in [0.25, 0.3) is 5.91 Å². The second-order valence-electron chi connectivity index (χ2n) is 6.57. The largest absolute Gasteiger partial charge is 0.471 e. The lowest BCUT2D eigenvalue weighted by atomic mass is 10.1. The van der Waals surface area contributed by atoms with Crippen LogP contribution < -0.4 is 10.6 Å². The Morgan fingerprint density at radius 3 is 2.34 bits per heavy atom. The van der Waals surface area contributed by atoms with Gasteiger partial charge in [-0.1, -0.05) is 40.6 Å². The molecule has 0 unspecified atom stereocenters. The fourth-order valence-corrected chi connectivity index (χ4v) is 3.92. The number of hydrogen-bond donors (Lipinski definition) is 2. The van der Waals surface area contributed by atoms with Gasteiger partial charge in [0.15, 0.2) is 0 Å². The molecule has 0 radical (unpaired) electrons. The van der Waals surface area contributed by atoms with Crippen LogP contribution in [0.5, 0.6) is 0 Å². The number of aryl methyl sites for hydroxylation is 2. The quantitative estimate of drug-likeness (QED) is 0.429. The fourth-order valence-electron chi connectivity index (χ4n) is 2.64. The number of anilines is 2. The normalized spacial score (nSPS) is 11.3. The van der Waals surface area contributed by atoms with Gasteiger partial charge in [-0.05, 0) is 54.8 Å². The van der Waals surface area contributed by atoms with Crippen molar-refractivity contribution in [3.63, 3.8) is 0 Å². The zero-order chi connectivity index (χ0) is 23.3. The first-order chi connectivity index (χ1) is 15.1. The van der Waals surface area contributed by atoms with E-state index in [2.05, 4.69) is 15.5 Å². The van der Waals surface area contributed by atoms with Crippen LogP contribution in [0.4, 0.5) is 24.0 Å². The molecule has 0 fully saturated rings. The van der Waals surface area contributed by atoms with Crippen LogP contribution >= 0.6 is 34.5 Å². The predicted octanol–water partition coefficient (Wildman–Crippen LogP) is 5.77. The molecule has 0 saturated heterocycles. The van der Waals surface area contributed by atoms with Crippen LogP contribution in [0.1, 0.15) is 27.3 Å². The van der Waals surface area contributed by atoms with Gasteiger partial charge in [-0.3, -0.25) is 14.9 Å². The van der Waals surface area contributed by atoms with E-state index >= 15 is 0 Å². The van der Waals surface area contributed by atoms with Crippen LogP contribution in [0.25, 0.3) is 0 Å². The molecule has 2 N–H and O–H groups in total. The molecule has 0 aliphatic heterocycles. The van der Waals surface area contributed by atoms with Crippen molar-refractivity contribution < 1.29 is 22.8 Å². The molecule has 0 bridgehead atoms. The van der Waals surface area contributed by atoms with E-state index in [1.54, 1.807) is 17.4 Å². The second kappa shape index (κ2) is 10.3. The molecule has 0 atom stereocenters. The molecule has 168 valence electrons. The number of nitrogens with one attached hydrogen (secondary N) is 2. The van der Waals surface area contributed by atoms with Crippen molar-refractivity contribution in [2.45, 2.75) is 25.4 Å². The molecule has 1 aromatic heterocycles. The molecule has 32 heavy (non-hydrogen) atoms. The minimum Gasteiger partial charge on any atom is -0.318 e. The van der Waals surface area contributed by atoms with Gasteiger partial charge in [-0.25, -0.2) is 0 Å². The highest BCUT2D eigenvalue weighted by Crippen LogP contribution is 2.24. The summed E-state index contributed by atoms with van der Waals surface area (Å²) in [5.74, 6) is -2.59. The standard InChI is InChI=1S/C20H15Cl2F3N4O2S/c21-13-7-4-11(15(22)10-13)2-1-3-16-28-29-19(32-16)27-17(30)12-5-8-14(9-6-12)26-18(31)20(23,24)25/h4-10H,1-3H2,(H,26,31)(H,27,29,30). The van der Waals surface area contributed by atoms with Gasteiger partial charge in [-0.15, -0.1) is 10.2 Å². The Hall–Kier alpha value is -2.69. The Labute approximate surface area is 194 Å². The Kier molecular flexibility index (Phi) is 7.70. The summed E-state index contributed by atoms with van der Waals surface area (Å²) in [5, 5.41) is 14.5. The number of carbonyl (C=O) groups excluding carboxylic acids is 2. The van der Waals surface area contributed by atoms with Gasteiger partial charge in [0.2, 0.25) is 5.13 Å². The van der Waals surface area contributed by atoms with Gasteiger partial charge in [-0.2, -0.15) is 13.2 Å². The highest BCUT2D eigenvalue weighted by Gasteiger charge is 2.38. The molecule has 2 amide bonds. The van der Waals surface area contributed by atoms with E-state index in [9.17, 15) is 22.8 Å². The minimum atomic E-state index is -4.99. The molecule has 3 rings (SSSR count). The predicted molar refractivity (Wildman–Crippen MR) is 117 cm³/mol. The first-order valence-corrected chi connectivity index (χ1v) is 10.7. The molecule has 12 heteroatoms. The number of aromatic nitrogens is 2. The van der Waals surface area contributed by atoms with Crippen LogP contribution in [-0.2, 0) is 17.6 Å². The van der Waals surface area contributed by atoms with E-state index in [0.29, 0.717) is 21.6 Å². The number of alkyl halides is 3. The maximum atomic E-state index is 12.3. The molecule has 0 aliphatic carbocycles. The van der Waals surface area contributed by atoms with Crippen molar-refractivity contribution >= 4 is 57.2 Å². The smallest absolute Gasteiger partial charge is 0.318 e. The van der Waals surface area contributed by atoms with Crippen molar-refractivity contribution in [1.29, 1.82) is 0 Å². The van der Waals surface area contributed by atoms with E-state index in [4.69, 9.17) is 23.2 Å². The number of benzene rings is 2. The average Bonchev–Trinajstić information content (AvgIpc) is 3.16. The molecule has 3 aromatic rings. The van der Waals surface area contributed by atoms with Gasteiger partial charge in [0.05, 0.1) is 0 Å². The lowest BCUT2D eigenvalue weighted by molar-refractivity contribution is -0.167. The number of carbonyl (C=O) groups is 2. The van der Waals surface area contributed by atoms with E-state index in [0.717, 1.165) is 23.4 Å². The minimum absolute atomic E-state index is 0.0807. The summed E-state index contributed by atoms with van der Waals surface area (Å²) in [6, 6.07) is 10.3. The zero-order valence-corrected chi connectivity index (χ0v) is 18.5. The molecule has 2 aromatic carbocycles. The highest BCUT2D eigenvalue weighted by atomic mass is 35.5. The molecule has 0 saturated carbocycles. The molecule has 6 nitrogen and oxygen atoms in total. The van der Waals surface area contributed by atoms with Crippen LogP contribution in [0.3, 0.4) is 0 Å². The molecular weight excluding hydrogens is 488 g/mol. The number of nitrogens with zero attached hydrogens (tertiary/aromatic N) is 2. The zero-order valence-electron chi connectivity index (χ0n) is 16.2. The van der Waals surface area contributed by atoms with Crippen LogP contribution in [0.2, 0.25) is 10.0 Å². The van der Waals surface area contributed by atoms with Crippen LogP contribution in [0.15, 0.2) is 42.5 Å². The molecule has 1 heterocycles. The Balaban J connectivity index is 1.51. The summed E-state index contributed by atoms with van der Waals surface area (Å²) in [4.78, 5) is 23.3. The van der Waals surface area contributed by atoms with Crippen molar-refractivity contribution in [2.75, 3.05) is 10.6 Å². The lowest BCUT2D eigenvalue weighted by Crippen LogP contribution is -2.29. The van der Waals surface area contributed by atoms with Crippen molar-refractivity contribution in [2.24, 2.45) is 0 Å². The van der Waals surface area contributed by atoms with Crippen molar-refractivity contribution in [3.05, 3.63) is 68.6 Å². The third-order valence-corrected chi connectivity index (χ3v) is 5.69. The lowest BCUT2D eigenvalue weighted by Gasteiger charge is -2.08. The van der Waals surface area contributed by atoms with Crippen molar-refractivity contribution in [3.8, 4) is 0 Å². The van der Waals surface area contributed by atoms with Gasteiger partial charge < -0.3 is 5.32 Å². The summed E-state index contributed by atoms with van der Waals surface area (Å²) in [7, 11) is 0. The maximum absolute atomic E-state index is 12.3. The fraction of sp³-hybridized carbons (Fsp3) is 0.200. The molecular formula is C20H15Cl2F3N4O2S. The summed E-state index contributed by atoms with van der Waals surface area (Å²) < 4.78 is 36.9. The number of hydrogen-bond acceptors (Lipinski definition) is 5. The van der Waals surface area contributed by atoms with Crippen LogP contribution in [-0.4, -0.2) is 28.2 Å². The van der Waals surface area contributed by atoms with E-state index in [1.165, 1.54) is 35.6 Å².